The second-order valence-electron chi connectivity index (χ2n) is 6.15. The maximum absolute atomic E-state index is 12.5. The van der Waals surface area contributed by atoms with Crippen LogP contribution >= 0.6 is 0 Å². The van der Waals surface area contributed by atoms with E-state index in [0.717, 1.165) is 6.42 Å². The van der Waals surface area contributed by atoms with Crippen molar-refractivity contribution >= 4 is 21.7 Å². The molecule has 0 aliphatic carbocycles. The van der Waals surface area contributed by atoms with E-state index in [0.29, 0.717) is 38.6 Å². The number of piperidine rings is 1. The molecule has 2 saturated heterocycles. The van der Waals surface area contributed by atoms with Gasteiger partial charge in [-0.1, -0.05) is 13.3 Å². The molecule has 2 unspecified atom stereocenters. The van der Waals surface area contributed by atoms with Crippen LogP contribution < -0.4 is 0 Å². The molecule has 1 amide bonds. The predicted molar refractivity (Wildman–Crippen MR) is 77.6 cm³/mol. The van der Waals surface area contributed by atoms with Gasteiger partial charge in [-0.05, 0) is 32.1 Å². The zero-order valence-electron chi connectivity index (χ0n) is 12.4. The number of aliphatic carboxylic acids is 1. The van der Waals surface area contributed by atoms with Gasteiger partial charge in [-0.15, -0.1) is 0 Å². The monoisotopic (exact) mass is 317 g/mol. The fourth-order valence-corrected chi connectivity index (χ4v) is 5.24. The lowest BCUT2D eigenvalue weighted by Crippen LogP contribution is -2.54. The third-order valence-electron chi connectivity index (χ3n) is 4.87. The molecule has 2 heterocycles. The van der Waals surface area contributed by atoms with Crippen LogP contribution in [-0.2, 0) is 19.4 Å². The van der Waals surface area contributed by atoms with Gasteiger partial charge in [-0.3, -0.25) is 9.59 Å². The highest BCUT2D eigenvalue weighted by atomic mass is 32.2. The Labute approximate surface area is 125 Å². The van der Waals surface area contributed by atoms with Gasteiger partial charge in [0.2, 0.25) is 5.91 Å². The number of carboxylic acids is 1. The Hall–Kier alpha value is -1.11. The molecule has 21 heavy (non-hydrogen) atoms. The molecule has 120 valence electrons. The van der Waals surface area contributed by atoms with Crippen molar-refractivity contribution in [2.24, 2.45) is 5.41 Å². The van der Waals surface area contributed by atoms with Crippen molar-refractivity contribution in [1.29, 1.82) is 0 Å². The summed E-state index contributed by atoms with van der Waals surface area (Å²) in [4.78, 5) is 25.5. The molecule has 7 heteroatoms. The number of rotatable bonds is 3. The van der Waals surface area contributed by atoms with Crippen LogP contribution in [-0.4, -0.2) is 54.4 Å². The van der Waals surface area contributed by atoms with Crippen molar-refractivity contribution in [3.8, 4) is 0 Å². The average Bonchev–Trinajstić information content (AvgIpc) is 2.46. The standard InChI is InChI=1S/C14H23NO5S/c1-2-14(13(17)18)7-5-8-15(10-14)12(16)11-6-3-4-9-21(11,19)20/h11H,2-10H2,1H3,(H,17,18). The van der Waals surface area contributed by atoms with Crippen molar-refractivity contribution in [3.63, 3.8) is 0 Å². The molecule has 0 spiro atoms. The lowest BCUT2D eigenvalue weighted by atomic mass is 9.77. The normalized spacial score (nSPS) is 32.6. The van der Waals surface area contributed by atoms with E-state index in [1.165, 1.54) is 4.90 Å². The summed E-state index contributed by atoms with van der Waals surface area (Å²) >= 11 is 0. The first-order valence-corrected chi connectivity index (χ1v) is 9.28. The Morgan fingerprint density at radius 3 is 2.57 bits per heavy atom. The van der Waals surface area contributed by atoms with Crippen LogP contribution in [0, 0.1) is 5.41 Å². The van der Waals surface area contributed by atoms with Gasteiger partial charge in [0.25, 0.3) is 0 Å². The maximum atomic E-state index is 12.5. The summed E-state index contributed by atoms with van der Waals surface area (Å²) in [7, 11) is -3.37. The Morgan fingerprint density at radius 1 is 1.29 bits per heavy atom. The van der Waals surface area contributed by atoms with Gasteiger partial charge in [-0.2, -0.15) is 0 Å². The van der Waals surface area contributed by atoms with Gasteiger partial charge in [0.15, 0.2) is 9.84 Å². The molecule has 0 bridgehead atoms. The molecule has 2 aliphatic heterocycles. The van der Waals surface area contributed by atoms with Crippen LogP contribution in [0.25, 0.3) is 0 Å². The predicted octanol–water partition coefficient (Wildman–Crippen LogP) is 1.06. The number of sulfone groups is 1. The number of hydrogen-bond donors (Lipinski definition) is 1. The molecule has 0 aromatic carbocycles. The van der Waals surface area contributed by atoms with E-state index in [1.807, 2.05) is 0 Å². The smallest absolute Gasteiger partial charge is 0.311 e. The van der Waals surface area contributed by atoms with E-state index in [1.54, 1.807) is 6.92 Å². The minimum Gasteiger partial charge on any atom is -0.481 e. The summed E-state index contributed by atoms with van der Waals surface area (Å²) in [6.45, 7) is 2.39. The quantitative estimate of drug-likeness (QED) is 0.840. The first-order valence-electron chi connectivity index (χ1n) is 7.56. The first kappa shape index (κ1) is 16.3. The minimum atomic E-state index is -3.37. The van der Waals surface area contributed by atoms with Gasteiger partial charge in [0.1, 0.15) is 5.25 Å². The summed E-state index contributed by atoms with van der Waals surface area (Å²) in [5, 5.41) is 8.48. The molecule has 2 fully saturated rings. The first-order chi connectivity index (χ1) is 9.82. The topological polar surface area (TPSA) is 91.8 Å². The van der Waals surface area contributed by atoms with Crippen molar-refractivity contribution in [3.05, 3.63) is 0 Å². The van der Waals surface area contributed by atoms with Gasteiger partial charge >= 0.3 is 5.97 Å². The number of amides is 1. The molecule has 1 N–H and O–H groups in total. The second-order valence-corrected chi connectivity index (χ2v) is 8.46. The highest BCUT2D eigenvalue weighted by molar-refractivity contribution is 7.92. The molecular weight excluding hydrogens is 294 g/mol. The molecule has 2 rings (SSSR count). The molecule has 2 atom stereocenters. The van der Waals surface area contributed by atoms with Gasteiger partial charge in [-0.25, -0.2) is 8.42 Å². The Bertz CT molecular complexity index is 529. The van der Waals surface area contributed by atoms with Crippen molar-refractivity contribution in [2.45, 2.75) is 50.7 Å². The number of hydrogen-bond acceptors (Lipinski definition) is 4. The van der Waals surface area contributed by atoms with Gasteiger partial charge in [0.05, 0.1) is 11.2 Å². The zero-order chi connectivity index (χ0) is 15.7. The summed E-state index contributed by atoms with van der Waals surface area (Å²) in [5.41, 5.74) is -0.924. The number of carbonyl (C=O) groups excluding carboxylic acids is 1. The molecule has 0 saturated carbocycles. The Morgan fingerprint density at radius 2 is 2.00 bits per heavy atom. The number of carbonyl (C=O) groups is 2. The van der Waals surface area contributed by atoms with E-state index in [-0.39, 0.29) is 12.3 Å². The zero-order valence-corrected chi connectivity index (χ0v) is 13.2. The summed E-state index contributed by atoms with van der Waals surface area (Å²) in [6.07, 6.45) is 3.31. The number of nitrogens with zero attached hydrogens (tertiary/aromatic N) is 1. The lowest BCUT2D eigenvalue weighted by molar-refractivity contribution is -0.155. The van der Waals surface area contributed by atoms with Crippen LogP contribution in [0.4, 0.5) is 0 Å². The van der Waals surface area contributed by atoms with Crippen molar-refractivity contribution in [2.75, 3.05) is 18.8 Å². The van der Waals surface area contributed by atoms with E-state index < -0.39 is 32.4 Å². The summed E-state index contributed by atoms with van der Waals surface area (Å²) in [6, 6.07) is 0. The molecule has 6 nitrogen and oxygen atoms in total. The van der Waals surface area contributed by atoms with E-state index in [9.17, 15) is 23.1 Å². The minimum absolute atomic E-state index is 0.0646. The Kier molecular flexibility index (Phi) is 4.60. The fourth-order valence-electron chi connectivity index (χ4n) is 3.37. The van der Waals surface area contributed by atoms with Crippen LogP contribution in [0.2, 0.25) is 0 Å². The summed E-state index contributed by atoms with van der Waals surface area (Å²) in [5.74, 6) is -1.22. The van der Waals surface area contributed by atoms with Crippen LogP contribution in [0.5, 0.6) is 0 Å². The SMILES string of the molecule is CCC1(C(=O)O)CCCN(C(=O)C2CCCCS2(=O)=O)C1. The largest absolute Gasteiger partial charge is 0.481 e. The van der Waals surface area contributed by atoms with E-state index in [4.69, 9.17) is 0 Å². The van der Waals surface area contributed by atoms with Crippen molar-refractivity contribution in [1.82, 2.24) is 4.90 Å². The van der Waals surface area contributed by atoms with Crippen LogP contribution in [0.15, 0.2) is 0 Å². The van der Waals surface area contributed by atoms with E-state index in [2.05, 4.69) is 0 Å². The average molecular weight is 317 g/mol. The number of likely N-dealkylation sites (tertiary alicyclic amines) is 1. The third kappa shape index (κ3) is 3.07. The van der Waals surface area contributed by atoms with Gasteiger partial charge < -0.3 is 10.0 Å². The maximum Gasteiger partial charge on any atom is 0.311 e. The second kappa shape index (κ2) is 5.94. The third-order valence-corrected chi connectivity index (χ3v) is 7.04. The van der Waals surface area contributed by atoms with E-state index >= 15 is 0 Å². The lowest BCUT2D eigenvalue weighted by Gasteiger charge is -2.40. The molecule has 0 radical (unpaired) electrons. The van der Waals surface area contributed by atoms with Gasteiger partial charge in [0, 0.05) is 13.1 Å². The number of carboxylic acid groups (broad SMARTS) is 1. The molecule has 2 aliphatic rings. The molecular formula is C14H23NO5S. The van der Waals surface area contributed by atoms with Crippen molar-refractivity contribution < 1.29 is 23.1 Å². The fraction of sp³-hybridized carbons (Fsp3) is 0.857. The molecule has 0 aromatic heterocycles. The molecule has 0 aromatic rings. The highest BCUT2D eigenvalue weighted by Gasteiger charge is 2.45. The highest BCUT2D eigenvalue weighted by Crippen LogP contribution is 2.35. The van der Waals surface area contributed by atoms with Crippen LogP contribution in [0.1, 0.15) is 45.4 Å². The Balaban J connectivity index is 2.17. The summed E-state index contributed by atoms with van der Waals surface area (Å²) < 4.78 is 24.1. The van der Waals surface area contributed by atoms with Crippen LogP contribution in [0.3, 0.4) is 0 Å².